The lowest BCUT2D eigenvalue weighted by Gasteiger charge is -2.05. The van der Waals surface area contributed by atoms with E-state index >= 15 is 0 Å². The smallest absolute Gasteiger partial charge is 0.182 e. The van der Waals surface area contributed by atoms with Crippen LogP contribution in [-0.4, -0.2) is 19.4 Å². The van der Waals surface area contributed by atoms with Crippen LogP contribution in [0.5, 0.6) is 0 Å². The van der Waals surface area contributed by atoms with Gasteiger partial charge >= 0.3 is 0 Å². The van der Waals surface area contributed by atoms with Crippen molar-refractivity contribution >= 4 is 27.4 Å². The number of aryl methyl sites for hydroxylation is 1. The molecule has 3 aromatic rings. The van der Waals surface area contributed by atoms with E-state index in [2.05, 4.69) is 30.9 Å². The first-order valence-electron chi connectivity index (χ1n) is 5.95. The summed E-state index contributed by atoms with van der Waals surface area (Å²) in [6.45, 7) is 2.03. The molecular formula is C13H12BrN5. The normalized spacial score (nSPS) is 11.1. The molecule has 96 valence electrons. The molecule has 0 aliphatic rings. The van der Waals surface area contributed by atoms with Crippen LogP contribution in [0.4, 0.5) is 5.82 Å². The van der Waals surface area contributed by atoms with E-state index in [9.17, 15) is 0 Å². The number of nitrogens with zero attached hydrogens (tertiary/aromatic N) is 4. The van der Waals surface area contributed by atoms with Crippen LogP contribution in [-0.2, 0) is 6.42 Å². The minimum absolute atomic E-state index is 0.443. The number of anilines is 1. The van der Waals surface area contributed by atoms with Gasteiger partial charge in [0, 0.05) is 12.4 Å². The van der Waals surface area contributed by atoms with Gasteiger partial charge < -0.3 is 10.1 Å². The first-order chi connectivity index (χ1) is 9.19. The third-order valence-electron chi connectivity index (χ3n) is 2.87. The molecule has 0 radical (unpaired) electrons. The Balaban J connectivity index is 2.18. The Hall–Kier alpha value is -1.95. The zero-order chi connectivity index (χ0) is 13.4. The first-order valence-corrected chi connectivity index (χ1v) is 6.74. The molecule has 0 bridgehead atoms. The fourth-order valence-corrected chi connectivity index (χ4v) is 2.36. The maximum Gasteiger partial charge on any atom is 0.182 e. The van der Waals surface area contributed by atoms with Gasteiger partial charge in [-0.1, -0.05) is 13.0 Å². The van der Waals surface area contributed by atoms with Crippen LogP contribution in [0.25, 0.3) is 17.2 Å². The Morgan fingerprint density at radius 3 is 2.84 bits per heavy atom. The van der Waals surface area contributed by atoms with Gasteiger partial charge in [0.25, 0.3) is 0 Å². The van der Waals surface area contributed by atoms with E-state index in [-0.39, 0.29) is 0 Å². The van der Waals surface area contributed by atoms with Gasteiger partial charge in [0.15, 0.2) is 5.82 Å². The minimum atomic E-state index is 0.443. The maximum atomic E-state index is 5.90. The lowest BCUT2D eigenvalue weighted by atomic mass is 10.3. The van der Waals surface area contributed by atoms with Crippen molar-refractivity contribution in [3.8, 4) is 11.5 Å². The molecule has 0 spiro atoms. The van der Waals surface area contributed by atoms with E-state index in [4.69, 9.17) is 5.73 Å². The first kappa shape index (κ1) is 12.1. The topological polar surface area (TPSA) is 69.1 Å². The summed E-state index contributed by atoms with van der Waals surface area (Å²) in [6, 6.07) is 5.83. The van der Waals surface area contributed by atoms with Gasteiger partial charge in [0.1, 0.15) is 17.2 Å². The van der Waals surface area contributed by atoms with E-state index in [0.717, 1.165) is 27.9 Å². The van der Waals surface area contributed by atoms with Crippen molar-refractivity contribution in [1.82, 2.24) is 19.4 Å². The fourth-order valence-electron chi connectivity index (χ4n) is 1.90. The van der Waals surface area contributed by atoms with Gasteiger partial charge in [-0.3, -0.25) is 0 Å². The van der Waals surface area contributed by atoms with Gasteiger partial charge in [-0.25, -0.2) is 15.0 Å². The molecule has 5 nitrogen and oxygen atoms in total. The largest absolute Gasteiger partial charge is 0.383 e. The molecule has 0 aromatic carbocycles. The molecule has 0 unspecified atom stereocenters. The van der Waals surface area contributed by atoms with E-state index in [1.807, 2.05) is 41.9 Å². The number of aromatic nitrogens is 4. The number of rotatable bonds is 2. The van der Waals surface area contributed by atoms with Crippen molar-refractivity contribution in [2.45, 2.75) is 13.3 Å². The van der Waals surface area contributed by atoms with E-state index in [1.54, 1.807) is 0 Å². The molecule has 2 N–H and O–H groups in total. The summed E-state index contributed by atoms with van der Waals surface area (Å²) < 4.78 is 2.70. The lowest BCUT2D eigenvalue weighted by molar-refractivity contribution is 0.991. The highest BCUT2D eigenvalue weighted by atomic mass is 79.9. The second-order valence-corrected chi connectivity index (χ2v) is 4.93. The minimum Gasteiger partial charge on any atom is -0.383 e. The van der Waals surface area contributed by atoms with Crippen LogP contribution in [0, 0.1) is 0 Å². The predicted octanol–water partition coefficient (Wildman–Crippen LogP) is 2.70. The molecule has 0 amide bonds. The second-order valence-electron chi connectivity index (χ2n) is 4.14. The van der Waals surface area contributed by atoms with Crippen LogP contribution < -0.4 is 5.73 Å². The number of nitrogen functional groups attached to an aromatic ring is 1. The lowest BCUT2D eigenvalue weighted by Crippen LogP contribution is -2.02. The van der Waals surface area contributed by atoms with Crippen molar-refractivity contribution in [1.29, 1.82) is 0 Å². The zero-order valence-corrected chi connectivity index (χ0v) is 11.9. The predicted molar refractivity (Wildman–Crippen MR) is 77.7 cm³/mol. The second kappa shape index (κ2) is 4.62. The number of fused-ring (bicyclic) bond motifs is 1. The number of hydrogen-bond donors (Lipinski definition) is 1. The van der Waals surface area contributed by atoms with Crippen molar-refractivity contribution in [2.75, 3.05) is 5.73 Å². The molecule has 3 rings (SSSR count). The molecule has 6 heteroatoms. The standard InChI is InChI=1S/C13H12BrN5/c1-2-8-11(14)12(15)18-13(17-8)9-7-19-6-4-3-5-10(19)16-9/h3-7H,2H2,1H3,(H2,15,17,18). The average Bonchev–Trinajstić information content (AvgIpc) is 2.85. The quantitative estimate of drug-likeness (QED) is 0.789. The summed E-state index contributed by atoms with van der Waals surface area (Å²) in [4.78, 5) is 13.3. The number of imidazole rings is 1. The average molecular weight is 318 g/mol. The number of pyridine rings is 1. The van der Waals surface area contributed by atoms with Crippen LogP contribution >= 0.6 is 15.9 Å². The van der Waals surface area contributed by atoms with Crippen LogP contribution in [0.1, 0.15) is 12.6 Å². The molecule has 0 fully saturated rings. The molecule has 0 saturated carbocycles. The summed E-state index contributed by atoms with van der Waals surface area (Å²) in [5.41, 5.74) is 8.37. The van der Waals surface area contributed by atoms with Crippen LogP contribution in [0.2, 0.25) is 0 Å². The SMILES string of the molecule is CCc1nc(-c2cn3ccccc3n2)nc(N)c1Br. The molecule has 19 heavy (non-hydrogen) atoms. The van der Waals surface area contributed by atoms with E-state index < -0.39 is 0 Å². The Labute approximate surface area is 118 Å². The van der Waals surface area contributed by atoms with Crippen molar-refractivity contribution in [3.63, 3.8) is 0 Å². The fraction of sp³-hybridized carbons (Fsp3) is 0.154. The van der Waals surface area contributed by atoms with E-state index in [1.165, 1.54) is 0 Å². The molecule has 3 aromatic heterocycles. The third kappa shape index (κ3) is 2.08. The molecule has 0 aliphatic heterocycles. The van der Waals surface area contributed by atoms with E-state index in [0.29, 0.717) is 11.6 Å². The van der Waals surface area contributed by atoms with Gasteiger partial charge in [0.2, 0.25) is 0 Å². The van der Waals surface area contributed by atoms with Gasteiger partial charge in [-0.15, -0.1) is 0 Å². The highest BCUT2D eigenvalue weighted by Gasteiger charge is 2.12. The van der Waals surface area contributed by atoms with Crippen LogP contribution in [0.15, 0.2) is 35.1 Å². The molecule has 0 aliphatic carbocycles. The van der Waals surface area contributed by atoms with Crippen molar-refractivity contribution in [3.05, 3.63) is 40.8 Å². The summed E-state index contributed by atoms with van der Waals surface area (Å²) >= 11 is 3.41. The van der Waals surface area contributed by atoms with Crippen LogP contribution in [0.3, 0.4) is 0 Å². The highest BCUT2D eigenvalue weighted by molar-refractivity contribution is 9.10. The summed E-state index contributed by atoms with van der Waals surface area (Å²) in [5.74, 6) is 1.00. The van der Waals surface area contributed by atoms with Crippen molar-refractivity contribution in [2.24, 2.45) is 0 Å². The Morgan fingerprint density at radius 2 is 2.11 bits per heavy atom. The number of halogens is 1. The molecule has 3 heterocycles. The Bertz CT molecular complexity index is 717. The Kier molecular flexibility index (Phi) is 2.94. The summed E-state index contributed by atoms with van der Waals surface area (Å²) in [7, 11) is 0. The van der Waals surface area contributed by atoms with Gasteiger partial charge in [0.05, 0.1) is 10.2 Å². The summed E-state index contributed by atoms with van der Waals surface area (Å²) in [6.07, 6.45) is 4.62. The van der Waals surface area contributed by atoms with Gasteiger partial charge in [-0.2, -0.15) is 0 Å². The monoisotopic (exact) mass is 317 g/mol. The Morgan fingerprint density at radius 1 is 1.26 bits per heavy atom. The number of hydrogen-bond acceptors (Lipinski definition) is 4. The third-order valence-corrected chi connectivity index (χ3v) is 3.74. The van der Waals surface area contributed by atoms with Gasteiger partial charge in [-0.05, 0) is 34.5 Å². The molecular weight excluding hydrogens is 306 g/mol. The van der Waals surface area contributed by atoms with Crippen molar-refractivity contribution < 1.29 is 0 Å². The zero-order valence-electron chi connectivity index (χ0n) is 10.3. The number of nitrogens with two attached hydrogens (primary N) is 1. The molecule has 0 saturated heterocycles. The summed E-state index contributed by atoms with van der Waals surface area (Å²) in [5, 5.41) is 0. The molecule has 0 atom stereocenters. The maximum absolute atomic E-state index is 5.90. The highest BCUT2D eigenvalue weighted by Crippen LogP contribution is 2.25.